The van der Waals surface area contributed by atoms with Gasteiger partial charge in [0.05, 0.1) is 12.3 Å². The highest BCUT2D eigenvalue weighted by molar-refractivity contribution is 5.66. The van der Waals surface area contributed by atoms with Crippen molar-refractivity contribution in [3.63, 3.8) is 0 Å². The zero-order chi connectivity index (χ0) is 13.0. The van der Waals surface area contributed by atoms with Gasteiger partial charge in [-0.3, -0.25) is 4.98 Å². The summed E-state index contributed by atoms with van der Waals surface area (Å²) in [4.78, 5) is 4.50. The Morgan fingerprint density at radius 3 is 2.72 bits per heavy atom. The molecule has 2 rings (SSSR count). The molecule has 0 saturated carbocycles. The van der Waals surface area contributed by atoms with Gasteiger partial charge in [-0.2, -0.15) is 0 Å². The minimum absolute atomic E-state index is 0.507. The molecule has 0 aliphatic rings. The van der Waals surface area contributed by atoms with E-state index in [1.54, 1.807) is 0 Å². The van der Waals surface area contributed by atoms with Gasteiger partial charge in [-0.05, 0) is 31.0 Å². The van der Waals surface area contributed by atoms with Crippen molar-refractivity contribution in [1.29, 1.82) is 0 Å². The Bertz CT molecular complexity index is 520. The number of para-hydroxylation sites is 1. The van der Waals surface area contributed by atoms with Gasteiger partial charge in [0.1, 0.15) is 5.75 Å². The van der Waals surface area contributed by atoms with Crippen LogP contribution in [0.3, 0.4) is 0 Å². The molecule has 0 amide bonds. The molecule has 0 spiro atoms. The quantitative estimate of drug-likeness (QED) is 0.808. The lowest BCUT2D eigenvalue weighted by atomic mass is 10.1. The molecule has 0 aliphatic heterocycles. The fourth-order valence-corrected chi connectivity index (χ4v) is 1.67. The minimum Gasteiger partial charge on any atom is -0.493 e. The molecule has 0 N–H and O–H groups in total. The second-order valence-electron chi connectivity index (χ2n) is 4.78. The molecule has 93 valence electrons. The van der Waals surface area contributed by atoms with Gasteiger partial charge in [0.2, 0.25) is 0 Å². The number of hydrogen-bond acceptors (Lipinski definition) is 2. The van der Waals surface area contributed by atoms with Crippen LogP contribution in [0.5, 0.6) is 5.75 Å². The summed E-state index contributed by atoms with van der Waals surface area (Å²) in [6.07, 6.45) is 0. The molecule has 1 aromatic carbocycles. The van der Waals surface area contributed by atoms with Gasteiger partial charge in [-0.25, -0.2) is 0 Å². The summed E-state index contributed by atoms with van der Waals surface area (Å²) in [6.45, 7) is 6.97. The fourth-order valence-electron chi connectivity index (χ4n) is 1.67. The third-order valence-corrected chi connectivity index (χ3v) is 2.55. The summed E-state index contributed by atoms with van der Waals surface area (Å²) in [5, 5.41) is 0. The number of benzene rings is 1. The number of nitrogens with zero attached hydrogens (tertiary/aromatic N) is 1. The van der Waals surface area contributed by atoms with E-state index in [1.807, 2.05) is 43.3 Å². The van der Waals surface area contributed by atoms with Crippen molar-refractivity contribution in [2.45, 2.75) is 20.8 Å². The molecule has 1 aromatic heterocycles. The van der Waals surface area contributed by atoms with Crippen LogP contribution in [0.4, 0.5) is 0 Å². The number of pyridine rings is 1. The summed E-state index contributed by atoms with van der Waals surface area (Å²) in [7, 11) is 0. The lowest BCUT2D eigenvalue weighted by Crippen LogP contribution is -2.05. The molecule has 1 heterocycles. The highest BCUT2D eigenvalue weighted by Gasteiger charge is 2.08. The first-order chi connectivity index (χ1) is 8.66. The summed E-state index contributed by atoms with van der Waals surface area (Å²) >= 11 is 0. The van der Waals surface area contributed by atoms with Crippen molar-refractivity contribution in [3.8, 4) is 17.0 Å². The van der Waals surface area contributed by atoms with Crippen LogP contribution in [0.25, 0.3) is 11.3 Å². The Balaban J connectivity index is 2.32. The van der Waals surface area contributed by atoms with Gasteiger partial charge in [0.15, 0.2) is 0 Å². The van der Waals surface area contributed by atoms with Crippen molar-refractivity contribution in [3.05, 3.63) is 48.2 Å². The van der Waals surface area contributed by atoms with E-state index in [0.29, 0.717) is 12.5 Å². The van der Waals surface area contributed by atoms with Crippen molar-refractivity contribution >= 4 is 0 Å². The fraction of sp³-hybridized carbons (Fsp3) is 0.312. The van der Waals surface area contributed by atoms with E-state index < -0.39 is 0 Å². The average molecular weight is 240 g/mol. The largest absolute Gasteiger partial charge is 0.493 e. The second-order valence-corrected chi connectivity index (χ2v) is 4.78. The first-order valence-corrected chi connectivity index (χ1v) is 6.24. The maximum absolute atomic E-state index is 5.83. The zero-order valence-corrected chi connectivity index (χ0v) is 11.1. The van der Waals surface area contributed by atoms with Crippen LogP contribution in [0, 0.1) is 18.9 Å². The number of aryl methyl sites for hydroxylation is 1. The molecule has 2 nitrogen and oxygen atoms in total. The zero-order valence-electron chi connectivity index (χ0n) is 11.1. The van der Waals surface area contributed by atoms with E-state index in [-0.39, 0.29) is 0 Å². The topological polar surface area (TPSA) is 22.1 Å². The summed E-state index contributed by atoms with van der Waals surface area (Å²) < 4.78 is 5.83. The van der Waals surface area contributed by atoms with Crippen LogP contribution in [0.1, 0.15) is 19.5 Å². The Morgan fingerprint density at radius 1 is 1.22 bits per heavy atom. The highest BCUT2D eigenvalue weighted by atomic mass is 16.5. The monoisotopic (exact) mass is 240 g/mol. The second kappa shape index (κ2) is 5.67. The molecule has 0 unspecified atom stereocenters. The van der Waals surface area contributed by atoms with Crippen LogP contribution in [0.2, 0.25) is 0 Å². The molecule has 2 aromatic rings. The maximum Gasteiger partial charge on any atom is 0.128 e. The predicted octanol–water partition coefficient (Wildman–Crippen LogP) is 3.89. The number of ether oxygens (including phenoxy) is 1. The van der Waals surface area contributed by atoms with E-state index >= 15 is 0 Å². The average Bonchev–Trinajstić information content (AvgIpc) is 2.36. The molecule has 0 fully saturated rings. The van der Waals surface area contributed by atoms with Crippen molar-refractivity contribution in [1.82, 2.24) is 4.98 Å². The number of aromatic nitrogens is 1. The molecule has 18 heavy (non-hydrogen) atoms. The lowest BCUT2D eigenvalue weighted by Gasteiger charge is -2.12. The molecule has 0 saturated heterocycles. The van der Waals surface area contributed by atoms with Crippen molar-refractivity contribution in [2.24, 2.45) is 5.92 Å². The van der Waals surface area contributed by atoms with Crippen LogP contribution in [0.15, 0.2) is 36.4 Å². The summed E-state index contributed by atoms with van der Waals surface area (Å²) in [5.74, 6) is 1.38. The maximum atomic E-state index is 5.83. The van der Waals surface area contributed by atoms with Crippen LogP contribution in [-0.2, 0) is 0 Å². The molecule has 0 bridgehead atoms. The van der Waals surface area contributed by atoms with Crippen molar-refractivity contribution in [2.75, 3.05) is 6.61 Å². The van der Waals surface area contributed by atoms with Crippen LogP contribution < -0.4 is 4.74 Å². The highest BCUT2D eigenvalue weighted by Crippen LogP contribution is 2.28. The van der Waals surface area contributed by atoms with E-state index in [9.17, 15) is 0 Å². The number of hydrogen-bond donors (Lipinski definition) is 0. The molecule has 0 aliphatic carbocycles. The Labute approximate surface area is 109 Å². The van der Waals surface area contributed by atoms with Crippen LogP contribution in [-0.4, -0.2) is 11.6 Å². The molecule has 1 radical (unpaired) electrons. The lowest BCUT2D eigenvalue weighted by molar-refractivity contribution is 0.272. The van der Waals surface area contributed by atoms with Gasteiger partial charge in [-0.1, -0.05) is 32.0 Å². The van der Waals surface area contributed by atoms with Gasteiger partial charge in [0, 0.05) is 17.3 Å². The molecular formula is C16H18NO. The van der Waals surface area contributed by atoms with E-state index in [4.69, 9.17) is 4.74 Å². The Hall–Kier alpha value is -1.83. The van der Waals surface area contributed by atoms with Crippen molar-refractivity contribution < 1.29 is 4.74 Å². The van der Waals surface area contributed by atoms with Gasteiger partial charge >= 0.3 is 0 Å². The van der Waals surface area contributed by atoms with E-state index in [0.717, 1.165) is 22.7 Å². The summed E-state index contributed by atoms with van der Waals surface area (Å²) in [5.41, 5.74) is 2.83. The SMILES string of the molecule is Cc1cc[c]c(-c2ccccc2OCC(C)C)n1. The Morgan fingerprint density at radius 2 is 2.00 bits per heavy atom. The summed E-state index contributed by atoms with van der Waals surface area (Å²) in [6, 6.07) is 15.0. The van der Waals surface area contributed by atoms with Gasteiger partial charge in [0.25, 0.3) is 0 Å². The minimum atomic E-state index is 0.507. The van der Waals surface area contributed by atoms with E-state index in [1.165, 1.54) is 0 Å². The molecular weight excluding hydrogens is 222 g/mol. The standard InChI is InChI=1S/C16H18NO/c1-12(2)11-18-16-10-5-4-8-14(16)15-9-6-7-13(3)17-15/h4-8,10,12H,11H2,1-3H3. The third kappa shape index (κ3) is 3.10. The predicted molar refractivity (Wildman–Crippen MR) is 73.6 cm³/mol. The molecule has 0 atom stereocenters. The first-order valence-electron chi connectivity index (χ1n) is 6.24. The normalized spacial score (nSPS) is 10.7. The smallest absolute Gasteiger partial charge is 0.128 e. The third-order valence-electron chi connectivity index (χ3n) is 2.55. The van der Waals surface area contributed by atoms with Gasteiger partial charge < -0.3 is 4.74 Å². The molecule has 2 heteroatoms. The van der Waals surface area contributed by atoms with Gasteiger partial charge in [-0.15, -0.1) is 0 Å². The van der Waals surface area contributed by atoms with Crippen LogP contribution >= 0.6 is 0 Å². The van der Waals surface area contributed by atoms with E-state index in [2.05, 4.69) is 24.9 Å². The Kier molecular flexibility index (Phi) is 3.98. The first kappa shape index (κ1) is 12.6. The number of rotatable bonds is 4.